The number of para-hydroxylation sites is 1. The molecule has 182 valence electrons. The fourth-order valence-corrected chi connectivity index (χ4v) is 5.20. The fraction of sp³-hybridized carbons (Fsp3) is 0.259. The summed E-state index contributed by atoms with van der Waals surface area (Å²) < 4.78 is 13.0. The van der Waals surface area contributed by atoms with Crippen LogP contribution in [-0.2, 0) is 4.79 Å². The molecule has 3 heterocycles. The Hall–Kier alpha value is -3.85. The lowest BCUT2D eigenvalue weighted by molar-refractivity contribution is -0.130. The van der Waals surface area contributed by atoms with E-state index >= 15 is 0 Å². The number of furan rings is 1. The maximum atomic E-state index is 13.5. The van der Waals surface area contributed by atoms with Crippen LogP contribution in [0.2, 0.25) is 0 Å². The van der Waals surface area contributed by atoms with Gasteiger partial charge in [-0.3, -0.25) is 9.36 Å². The van der Waals surface area contributed by atoms with Crippen molar-refractivity contribution < 1.29 is 13.9 Å². The molecule has 8 nitrogen and oxygen atoms in total. The number of aromatic nitrogens is 3. The molecule has 1 aliphatic carbocycles. The van der Waals surface area contributed by atoms with Crippen LogP contribution >= 0.6 is 11.8 Å². The van der Waals surface area contributed by atoms with E-state index in [4.69, 9.17) is 14.3 Å². The zero-order chi connectivity index (χ0) is 24.5. The Morgan fingerprint density at radius 2 is 1.86 bits per heavy atom. The highest BCUT2D eigenvalue weighted by Crippen LogP contribution is 2.41. The predicted molar refractivity (Wildman–Crippen MR) is 137 cm³/mol. The minimum absolute atomic E-state index is 0.111. The summed E-state index contributed by atoms with van der Waals surface area (Å²) in [6.45, 7) is 0. The molecule has 2 aliphatic rings. The van der Waals surface area contributed by atoms with Crippen LogP contribution < -0.4 is 4.74 Å². The number of nitrogens with zero attached hydrogens (tertiary/aromatic N) is 5. The Morgan fingerprint density at radius 3 is 2.56 bits per heavy atom. The van der Waals surface area contributed by atoms with Crippen molar-refractivity contribution >= 4 is 23.4 Å². The molecule has 0 bridgehead atoms. The first-order valence-electron chi connectivity index (χ1n) is 11.9. The smallest absolute Gasteiger partial charge is 0.253 e. The number of methoxy groups -OCH3 is 1. The summed E-state index contributed by atoms with van der Waals surface area (Å²) in [4.78, 5) is 13.5. The molecule has 36 heavy (non-hydrogen) atoms. The van der Waals surface area contributed by atoms with Crippen molar-refractivity contribution in [3.63, 3.8) is 0 Å². The van der Waals surface area contributed by atoms with E-state index in [1.54, 1.807) is 18.4 Å². The van der Waals surface area contributed by atoms with E-state index in [1.807, 2.05) is 66.7 Å². The fourth-order valence-electron chi connectivity index (χ4n) is 4.39. The number of carbonyl (C=O) groups is 1. The van der Waals surface area contributed by atoms with Crippen molar-refractivity contribution in [2.45, 2.75) is 36.4 Å². The van der Waals surface area contributed by atoms with Crippen LogP contribution in [0.4, 0.5) is 0 Å². The summed E-state index contributed by atoms with van der Waals surface area (Å²) in [6.07, 6.45) is 4.44. The number of rotatable bonds is 8. The summed E-state index contributed by atoms with van der Waals surface area (Å²) in [7, 11) is 1.64. The number of amides is 1. The van der Waals surface area contributed by atoms with Crippen molar-refractivity contribution in [3.8, 4) is 11.4 Å². The molecule has 1 amide bonds. The van der Waals surface area contributed by atoms with Gasteiger partial charge in [0.15, 0.2) is 5.16 Å². The number of hydrogen-bond donors (Lipinski definition) is 0. The normalized spacial score (nSPS) is 17.3. The van der Waals surface area contributed by atoms with Crippen LogP contribution in [0.5, 0.6) is 5.75 Å². The second-order valence-electron chi connectivity index (χ2n) is 8.82. The highest BCUT2D eigenvalue weighted by Gasteiger charge is 2.35. The van der Waals surface area contributed by atoms with E-state index in [0.717, 1.165) is 41.4 Å². The van der Waals surface area contributed by atoms with Gasteiger partial charge in [0.05, 0.1) is 24.8 Å². The van der Waals surface area contributed by atoms with Gasteiger partial charge in [-0.05, 0) is 66.9 Å². The Balaban J connectivity index is 1.25. The number of benzene rings is 2. The summed E-state index contributed by atoms with van der Waals surface area (Å²) in [5.74, 6) is 2.96. The van der Waals surface area contributed by atoms with E-state index in [-0.39, 0.29) is 17.7 Å². The number of ether oxygens (including phenoxy) is 1. The maximum absolute atomic E-state index is 13.5. The standard InChI is InChI=1S/C27H25N5O3S/c1-34-21-13-11-18(12-14-21)22-16-23(24-8-5-15-35-24)32(30-22)25(33)17-36-27-29-28-26(19-9-10-19)31(27)20-6-3-2-4-7-20/h2-8,11-15,19,23H,9-10,16-17H2,1H3/t23-/m0/s1. The quantitative estimate of drug-likeness (QED) is 0.309. The van der Waals surface area contributed by atoms with Gasteiger partial charge in [0.2, 0.25) is 0 Å². The van der Waals surface area contributed by atoms with E-state index in [9.17, 15) is 4.79 Å². The zero-order valence-corrected chi connectivity index (χ0v) is 20.6. The molecule has 1 aliphatic heterocycles. The molecule has 2 aromatic heterocycles. The van der Waals surface area contributed by atoms with Crippen molar-refractivity contribution in [1.29, 1.82) is 0 Å². The largest absolute Gasteiger partial charge is 0.497 e. The van der Waals surface area contributed by atoms with Gasteiger partial charge in [0.25, 0.3) is 5.91 Å². The van der Waals surface area contributed by atoms with E-state index in [2.05, 4.69) is 14.8 Å². The average molecular weight is 500 g/mol. The predicted octanol–water partition coefficient (Wildman–Crippen LogP) is 5.22. The van der Waals surface area contributed by atoms with Gasteiger partial charge in [-0.1, -0.05) is 30.0 Å². The maximum Gasteiger partial charge on any atom is 0.253 e. The molecule has 0 unspecified atom stereocenters. The van der Waals surface area contributed by atoms with E-state index in [0.29, 0.717) is 23.3 Å². The number of carbonyl (C=O) groups excluding carboxylic acids is 1. The number of thioether (sulfide) groups is 1. The zero-order valence-electron chi connectivity index (χ0n) is 19.8. The molecule has 1 saturated carbocycles. The van der Waals surface area contributed by atoms with Crippen LogP contribution in [0, 0.1) is 0 Å². The van der Waals surface area contributed by atoms with Gasteiger partial charge in [0.1, 0.15) is 23.4 Å². The van der Waals surface area contributed by atoms with Crippen LogP contribution in [0.25, 0.3) is 5.69 Å². The van der Waals surface area contributed by atoms with Gasteiger partial charge >= 0.3 is 0 Å². The molecule has 4 aromatic rings. The first-order valence-corrected chi connectivity index (χ1v) is 12.9. The molecular formula is C27H25N5O3S. The third kappa shape index (κ3) is 4.42. The monoisotopic (exact) mass is 499 g/mol. The average Bonchev–Trinajstić information content (AvgIpc) is 3.30. The Bertz CT molecular complexity index is 1380. The first kappa shape index (κ1) is 22.6. The third-order valence-electron chi connectivity index (χ3n) is 6.40. The summed E-state index contributed by atoms with van der Waals surface area (Å²) >= 11 is 1.39. The van der Waals surface area contributed by atoms with Crippen LogP contribution in [0.15, 0.2) is 87.7 Å². The molecule has 9 heteroatoms. The molecule has 6 rings (SSSR count). The molecule has 1 atom stereocenters. The van der Waals surface area contributed by atoms with Crippen molar-refractivity contribution in [2.75, 3.05) is 12.9 Å². The van der Waals surface area contributed by atoms with Gasteiger partial charge in [-0.2, -0.15) is 5.10 Å². The van der Waals surface area contributed by atoms with Crippen LogP contribution in [-0.4, -0.2) is 44.3 Å². The van der Waals surface area contributed by atoms with Crippen molar-refractivity contribution in [3.05, 3.63) is 90.1 Å². The van der Waals surface area contributed by atoms with Gasteiger partial charge in [-0.25, -0.2) is 5.01 Å². The van der Waals surface area contributed by atoms with Gasteiger partial charge in [-0.15, -0.1) is 10.2 Å². The van der Waals surface area contributed by atoms with Gasteiger partial charge < -0.3 is 9.15 Å². The van der Waals surface area contributed by atoms with Crippen LogP contribution in [0.3, 0.4) is 0 Å². The molecule has 0 spiro atoms. The second kappa shape index (κ2) is 9.66. The number of hydrogen-bond acceptors (Lipinski definition) is 7. The van der Waals surface area contributed by atoms with E-state index in [1.165, 1.54) is 11.8 Å². The molecule has 0 radical (unpaired) electrons. The minimum Gasteiger partial charge on any atom is -0.497 e. The summed E-state index contributed by atoms with van der Waals surface area (Å²) in [6, 6.07) is 21.2. The SMILES string of the molecule is COc1ccc(C2=NN(C(=O)CSc3nnc(C4CC4)n3-c3ccccc3)[C@H](c3ccco3)C2)cc1. The molecule has 0 saturated heterocycles. The summed E-state index contributed by atoms with van der Waals surface area (Å²) in [5.41, 5.74) is 2.79. The second-order valence-corrected chi connectivity index (χ2v) is 9.77. The number of hydrazone groups is 1. The molecular weight excluding hydrogens is 474 g/mol. The lowest BCUT2D eigenvalue weighted by atomic mass is 10.0. The van der Waals surface area contributed by atoms with Crippen molar-refractivity contribution in [1.82, 2.24) is 19.8 Å². The highest BCUT2D eigenvalue weighted by atomic mass is 32.2. The Kier molecular flexibility index (Phi) is 6.06. The lowest BCUT2D eigenvalue weighted by Gasteiger charge is -2.19. The Morgan fingerprint density at radius 1 is 1.06 bits per heavy atom. The lowest BCUT2D eigenvalue weighted by Crippen LogP contribution is -2.28. The minimum atomic E-state index is -0.292. The molecule has 2 aromatic carbocycles. The molecule has 1 fully saturated rings. The molecule has 0 N–H and O–H groups in total. The first-order chi connectivity index (χ1) is 17.7. The van der Waals surface area contributed by atoms with Gasteiger partial charge in [0, 0.05) is 18.0 Å². The summed E-state index contributed by atoms with van der Waals surface area (Å²) in [5, 5.41) is 15.9. The Labute approximate surface area is 213 Å². The van der Waals surface area contributed by atoms with E-state index < -0.39 is 0 Å². The topological polar surface area (TPSA) is 85.8 Å². The highest BCUT2D eigenvalue weighted by molar-refractivity contribution is 7.99. The van der Waals surface area contributed by atoms with Crippen molar-refractivity contribution in [2.24, 2.45) is 5.10 Å². The van der Waals surface area contributed by atoms with Crippen LogP contribution in [0.1, 0.15) is 48.4 Å². The third-order valence-corrected chi connectivity index (χ3v) is 7.31.